The van der Waals surface area contributed by atoms with E-state index in [0.717, 1.165) is 11.4 Å². The first kappa shape index (κ1) is 12.9. The van der Waals surface area contributed by atoms with Crippen molar-refractivity contribution in [1.29, 1.82) is 0 Å². The molecule has 0 amide bonds. The van der Waals surface area contributed by atoms with Crippen LogP contribution in [0.2, 0.25) is 0 Å². The zero-order chi connectivity index (χ0) is 12.2. The number of nitrogens with two attached hydrogens (primary N) is 1. The second-order valence-electron chi connectivity index (χ2n) is 4.65. The third kappa shape index (κ3) is 3.18. The Kier molecular flexibility index (Phi) is 4.26. The average Bonchev–Trinajstić information content (AvgIpc) is 2.26. The number of pyridine rings is 1. The fourth-order valence-electron chi connectivity index (χ4n) is 1.09. The SMILES string of the molecule is CN(C)C(C)(C)COc1cccnc1CN. The minimum atomic E-state index is -0.0122. The molecule has 0 fully saturated rings. The van der Waals surface area contributed by atoms with Crippen molar-refractivity contribution in [1.82, 2.24) is 9.88 Å². The van der Waals surface area contributed by atoms with E-state index in [-0.39, 0.29) is 5.54 Å². The predicted octanol–water partition coefficient (Wildman–Crippen LogP) is 1.26. The number of hydrogen-bond donors (Lipinski definition) is 1. The Bertz CT molecular complexity index is 337. The molecule has 1 rings (SSSR count). The molecule has 1 aromatic rings. The minimum Gasteiger partial charge on any atom is -0.490 e. The average molecular weight is 223 g/mol. The summed E-state index contributed by atoms with van der Waals surface area (Å²) in [7, 11) is 4.08. The Hall–Kier alpha value is -1.13. The van der Waals surface area contributed by atoms with Crippen LogP contribution in [0.4, 0.5) is 0 Å². The second kappa shape index (κ2) is 5.27. The molecular weight excluding hydrogens is 202 g/mol. The molecule has 0 atom stereocenters. The number of hydrogen-bond acceptors (Lipinski definition) is 4. The van der Waals surface area contributed by atoms with Crippen molar-refractivity contribution in [2.24, 2.45) is 5.73 Å². The highest BCUT2D eigenvalue weighted by molar-refractivity contribution is 5.26. The van der Waals surface area contributed by atoms with Gasteiger partial charge in [-0.3, -0.25) is 4.98 Å². The van der Waals surface area contributed by atoms with Gasteiger partial charge in [0, 0.05) is 18.3 Å². The van der Waals surface area contributed by atoms with Gasteiger partial charge in [0.15, 0.2) is 0 Å². The van der Waals surface area contributed by atoms with Crippen LogP contribution in [-0.4, -0.2) is 36.1 Å². The summed E-state index contributed by atoms with van der Waals surface area (Å²) in [5, 5.41) is 0. The van der Waals surface area contributed by atoms with Crippen molar-refractivity contribution in [3.63, 3.8) is 0 Å². The maximum Gasteiger partial charge on any atom is 0.142 e. The lowest BCUT2D eigenvalue weighted by molar-refractivity contribution is 0.113. The van der Waals surface area contributed by atoms with E-state index in [1.807, 2.05) is 26.2 Å². The summed E-state index contributed by atoms with van der Waals surface area (Å²) in [6.45, 7) is 5.27. The van der Waals surface area contributed by atoms with Crippen LogP contribution in [0.3, 0.4) is 0 Å². The van der Waals surface area contributed by atoms with E-state index in [9.17, 15) is 0 Å². The van der Waals surface area contributed by atoms with E-state index in [4.69, 9.17) is 10.5 Å². The molecule has 0 aliphatic heterocycles. The van der Waals surface area contributed by atoms with Gasteiger partial charge in [0.05, 0.1) is 5.69 Å². The summed E-state index contributed by atoms with van der Waals surface area (Å²) >= 11 is 0. The highest BCUT2D eigenvalue weighted by atomic mass is 16.5. The van der Waals surface area contributed by atoms with E-state index in [2.05, 4.69) is 23.7 Å². The van der Waals surface area contributed by atoms with Crippen LogP contribution in [-0.2, 0) is 6.54 Å². The Morgan fingerprint density at radius 2 is 2.12 bits per heavy atom. The molecular formula is C12H21N3O. The standard InChI is InChI=1S/C12H21N3O/c1-12(2,15(3)4)9-16-11-6-5-7-14-10(11)8-13/h5-7H,8-9,13H2,1-4H3. The Morgan fingerprint density at radius 3 is 2.69 bits per heavy atom. The molecule has 0 aliphatic rings. The van der Waals surface area contributed by atoms with Crippen molar-refractivity contribution in [3.8, 4) is 5.75 Å². The molecule has 0 bridgehead atoms. The Labute approximate surface area is 97.4 Å². The molecule has 16 heavy (non-hydrogen) atoms. The molecule has 0 aliphatic carbocycles. The second-order valence-corrected chi connectivity index (χ2v) is 4.65. The van der Waals surface area contributed by atoms with Gasteiger partial charge in [-0.25, -0.2) is 0 Å². The van der Waals surface area contributed by atoms with Crippen LogP contribution in [0.1, 0.15) is 19.5 Å². The number of aromatic nitrogens is 1. The Morgan fingerprint density at radius 1 is 1.44 bits per heavy atom. The number of nitrogens with zero attached hydrogens (tertiary/aromatic N) is 2. The van der Waals surface area contributed by atoms with Gasteiger partial charge in [0.1, 0.15) is 12.4 Å². The van der Waals surface area contributed by atoms with E-state index in [1.165, 1.54) is 0 Å². The van der Waals surface area contributed by atoms with E-state index in [0.29, 0.717) is 13.2 Å². The van der Waals surface area contributed by atoms with E-state index in [1.54, 1.807) is 6.20 Å². The summed E-state index contributed by atoms with van der Waals surface area (Å²) in [6, 6.07) is 3.76. The summed E-state index contributed by atoms with van der Waals surface area (Å²) in [5.41, 5.74) is 6.39. The topological polar surface area (TPSA) is 51.4 Å². The Balaban J connectivity index is 2.67. The molecule has 0 saturated carbocycles. The molecule has 4 nitrogen and oxygen atoms in total. The van der Waals surface area contributed by atoms with Crippen LogP contribution in [0.25, 0.3) is 0 Å². The first-order chi connectivity index (χ1) is 7.47. The van der Waals surface area contributed by atoms with Crippen LogP contribution >= 0.6 is 0 Å². The minimum absolute atomic E-state index is 0.0122. The van der Waals surface area contributed by atoms with Gasteiger partial charge < -0.3 is 15.4 Å². The van der Waals surface area contributed by atoms with Gasteiger partial charge in [0.2, 0.25) is 0 Å². The van der Waals surface area contributed by atoms with Gasteiger partial charge in [-0.1, -0.05) is 0 Å². The summed E-state index contributed by atoms with van der Waals surface area (Å²) < 4.78 is 5.77. The fraction of sp³-hybridized carbons (Fsp3) is 0.583. The van der Waals surface area contributed by atoms with Gasteiger partial charge in [-0.15, -0.1) is 0 Å². The molecule has 0 spiro atoms. The zero-order valence-corrected chi connectivity index (χ0v) is 10.5. The van der Waals surface area contributed by atoms with Crippen LogP contribution in [0.15, 0.2) is 18.3 Å². The maximum absolute atomic E-state index is 5.77. The fourth-order valence-corrected chi connectivity index (χ4v) is 1.09. The number of likely N-dealkylation sites (N-methyl/N-ethyl adjacent to an activating group) is 1. The molecule has 90 valence electrons. The van der Waals surface area contributed by atoms with E-state index < -0.39 is 0 Å². The third-order valence-electron chi connectivity index (χ3n) is 2.83. The van der Waals surface area contributed by atoms with Crippen LogP contribution in [0, 0.1) is 0 Å². The van der Waals surface area contributed by atoms with Gasteiger partial charge in [0.25, 0.3) is 0 Å². The van der Waals surface area contributed by atoms with Crippen LogP contribution < -0.4 is 10.5 Å². The molecule has 0 saturated heterocycles. The molecule has 0 unspecified atom stereocenters. The van der Waals surface area contributed by atoms with Crippen molar-refractivity contribution in [2.75, 3.05) is 20.7 Å². The largest absolute Gasteiger partial charge is 0.490 e. The van der Waals surface area contributed by atoms with Crippen molar-refractivity contribution >= 4 is 0 Å². The van der Waals surface area contributed by atoms with Crippen molar-refractivity contribution in [2.45, 2.75) is 25.9 Å². The lowest BCUT2D eigenvalue weighted by Crippen LogP contribution is -2.43. The maximum atomic E-state index is 5.77. The molecule has 4 heteroatoms. The zero-order valence-electron chi connectivity index (χ0n) is 10.5. The third-order valence-corrected chi connectivity index (χ3v) is 2.83. The highest BCUT2D eigenvalue weighted by Crippen LogP contribution is 2.18. The molecule has 0 radical (unpaired) electrons. The first-order valence-electron chi connectivity index (χ1n) is 5.41. The van der Waals surface area contributed by atoms with Crippen molar-refractivity contribution in [3.05, 3.63) is 24.0 Å². The lowest BCUT2D eigenvalue weighted by Gasteiger charge is -2.32. The quantitative estimate of drug-likeness (QED) is 0.816. The van der Waals surface area contributed by atoms with Gasteiger partial charge in [-0.2, -0.15) is 0 Å². The predicted molar refractivity (Wildman–Crippen MR) is 65.4 cm³/mol. The monoisotopic (exact) mass is 223 g/mol. The molecule has 1 aromatic heterocycles. The summed E-state index contributed by atoms with van der Waals surface area (Å²) in [5.74, 6) is 0.778. The first-order valence-corrected chi connectivity index (χ1v) is 5.41. The number of ether oxygens (including phenoxy) is 1. The lowest BCUT2D eigenvalue weighted by atomic mass is 10.1. The summed E-state index contributed by atoms with van der Waals surface area (Å²) in [4.78, 5) is 6.31. The smallest absolute Gasteiger partial charge is 0.142 e. The normalized spacial score (nSPS) is 11.9. The van der Waals surface area contributed by atoms with Gasteiger partial charge >= 0.3 is 0 Å². The number of rotatable bonds is 5. The van der Waals surface area contributed by atoms with E-state index >= 15 is 0 Å². The highest BCUT2D eigenvalue weighted by Gasteiger charge is 2.21. The van der Waals surface area contributed by atoms with Crippen LogP contribution in [0.5, 0.6) is 5.75 Å². The molecule has 0 aromatic carbocycles. The van der Waals surface area contributed by atoms with Crippen molar-refractivity contribution < 1.29 is 4.74 Å². The molecule has 1 heterocycles. The summed E-state index contributed by atoms with van der Waals surface area (Å²) in [6.07, 6.45) is 1.73. The molecule has 2 N–H and O–H groups in total. The van der Waals surface area contributed by atoms with Gasteiger partial charge in [-0.05, 0) is 40.1 Å².